The summed E-state index contributed by atoms with van der Waals surface area (Å²) in [5.41, 5.74) is 2.79. The number of piperazine rings is 1. The Labute approximate surface area is 146 Å². The molecule has 1 saturated heterocycles. The Balaban J connectivity index is 1.56. The maximum Gasteiger partial charge on any atom is 0.246 e. The predicted octanol–water partition coefficient (Wildman–Crippen LogP) is 2.94. The number of hydrogen-bond donors (Lipinski definition) is 0. The third-order valence-electron chi connectivity index (χ3n) is 4.44. The van der Waals surface area contributed by atoms with Crippen molar-refractivity contribution in [3.05, 3.63) is 65.5 Å². The molecule has 0 saturated carbocycles. The van der Waals surface area contributed by atoms with Crippen LogP contribution in [0, 0.1) is 12.7 Å². The average molecular weight is 340 g/mol. The van der Waals surface area contributed by atoms with Crippen LogP contribution < -0.4 is 4.90 Å². The van der Waals surface area contributed by atoms with Gasteiger partial charge in [-0.1, -0.05) is 29.8 Å². The van der Waals surface area contributed by atoms with Gasteiger partial charge in [0.05, 0.1) is 0 Å². The van der Waals surface area contributed by atoms with Crippen molar-refractivity contribution in [1.29, 1.82) is 0 Å². The summed E-state index contributed by atoms with van der Waals surface area (Å²) in [6.45, 7) is 3.10. The minimum atomic E-state index is -0.299. The van der Waals surface area contributed by atoms with Gasteiger partial charge in [0.1, 0.15) is 12.4 Å². The van der Waals surface area contributed by atoms with Crippen molar-refractivity contribution in [2.75, 3.05) is 24.5 Å². The molecular formula is C20H21FN2O2. The normalized spacial score (nSPS) is 14.7. The second kappa shape index (κ2) is 7.47. The van der Waals surface area contributed by atoms with E-state index in [9.17, 15) is 14.0 Å². The van der Waals surface area contributed by atoms with Gasteiger partial charge in [0.15, 0.2) is 0 Å². The molecule has 2 amide bonds. The molecule has 2 aromatic rings. The molecule has 0 atom stereocenters. The van der Waals surface area contributed by atoms with Crippen LogP contribution in [0.1, 0.15) is 17.5 Å². The summed E-state index contributed by atoms with van der Waals surface area (Å²) >= 11 is 0. The number of rotatable bonds is 4. The molecule has 0 aromatic heterocycles. The van der Waals surface area contributed by atoms with Crippen LogP contribution in [0.25, 0.3) is 0 Å². The van der Waals surface area contributed by atoms with Gasteiger partial charge in [-0.15, -0.1) is 0 Å². The van der Waals surface area contributed by atoms with Crippen molar-refractivity contribution in [2.24, 2.45) is 0 Å². The van der Waals surface area contributed by atoms with Gasteiger partial charge < -0.3 is 9.80 Å². The van der Waals surface area contributed by atoms with E-state index < -0.39 is 0 Å². The molecule has 1 aliphatic rings. The molecule has 0 radical (unpaired) electrons. The van der Waals surface area contributed by atoms with Crippen LogP contribution in [0.15, 0.2) is 48.5 Å². The highest BCUT2D eigenvalue weighted by molar-refractivity contribution is 5.97. The summed E-state index contributed by atoms with van der Waals surface area (Å²) in [6, 6.07) is 14.1. The number of halogens is 1. The average Bonchev–Trinajstić information content (AvgIpc) is 2.60. The molecule has 4 nitrogen and oxygen atoms in total. The van der Waals surface area contributed by atoms with Crippen LogP contribution in [0.4, 0.5) is 10.1 Å². The molecule has 1 fully saturated rings. The van der Waals surface area contributed by atoms with E-state index in [0.29, 0.717) is 19.5 Å². The predicted molar refractivity (Wildman–Crippen MR) is 94.8 cm³/mol. The van der Waals surface area contributed by atoms with Crippen LogP contribution >= 0.6 is 0 Å². The molecule has 1 heterocycles. The Bertz CT molecular complexity index is 774. The van der Waals surface area contributed by atoms with E-state index in [2.05, 4.69) is 0 Å². The largest absolute Gasteiger partial charge is 0.332 e. The summed E-state index contributed by atoms with van der Waals surface area (Å²) in [7, 11) is 0. The van der Waals surface area contributed by atoms with Crippen molar-refractivity contribution in [1.82, 2.24) is 4.90 Å². The van der Waals surface area contributed by atoms with Gasteiger partial charge in [-0.3, -0.25) is 9.59 Å². The zero-order chi connectivity index (χ0) is 17.8. The van der Waals surface area contributed by atoms with E-state index in [1.807, 2.05) is 31.2 Å². The number of carbonyl (C=O) groups excluding carboxylic acids is 2. The molecular weight excluding hydrogens is 319 g/mol. The van der Waals surface area contributed by atoms with Crippen LogP contribution in [0.5, 0.6) is 0 Å². The van der Waals surface area contributed by atoms with Crippen molar-refractivity contribution >= 4 is 17.5 Å². The molecule has 2 aromatic carbocycles. The van der Waals surface area contributed by atoms with E-state index in [1.165, 1.54) is 12.1 Å². The third kappa shape index (κ3) is 4.24. The highest BCUT2D eigenvalue weighted by atomic mass is 19.1. The molecule has 130 valence electrons. The Kier molecular flexibility index (Phi) is 5.12. The number of anilines is 1. The summed E-state index contributed by atoms with van der Waals surface area (Å²) in [5, 5.41) is 0. The van der Waals surface area contributed by atoms with Gasteiger partial charge in [0.25, 0.3) is 0 Å². The fraction of sp³-hybridized carbons (Fsp3) is 0.300. The van der Waals surface area contributed by atoms with Crippen LogP contribution in [-0.4, -0.2) is 36.3 Å². The van der Waals surface area contributed by atoms with Gasteiger partial charge in [-0.05, 0) is 43.2 Å². The van der Waals surface area contributed by atoms with Crippen LogP contribution in [0.2, 0.25) is 0 Å². The Morgan fingerprint density at radius 1 is 1.12 bits per heavy atom. The van der Waals surface area contributed by atoms with Gasteiger partial charge >= 0.3 is 0 Å². The summed E-state index contributed by atoms with van der Waals surface area (Å²) < 4.78 is 13.2. The Morgan fingerprint density at radius 3 is 2.56 bits per heavy atom. The van der Waals surface area contributed by atoms with Crippen molar-refractivity contribution in [3.8, 4) is 0 Å². The molecule has 0 N–H and O–H groups in total. The van der Waals surface area contributed by atoms with Gasteiger partial charge in [0.2, 0.25) is 11.8 Å². The summed E-state index contributed by atoms with van der Waals surface area (Å²) in [5.74, 6) is -0.442. The zero-order valence-electron chi connectivity index (χ0n) is 14.2. The fourth-order valence-corrected chi connectivity index (χ4v) is 2.99. The molecule has 0 unspecified atom stereocenters. The molecule has 25 heavy (non-hydrogen) atoms. The first kappa shape index (κ1) is 17.1. The van der Waals surface area contributed by atoms with E-state index in [4.69, 9.17) is 0 Å². The number of nitrogens with zero attached hydrogens (tertiary/aromatic N) is 2. The lowest BCUT2D eigenvalue weighted by molar-refractivity contribution is -0.136. The van der Waals surface area contributed by atoms with Crippen molar-refractivity contribution in [3.63, 3.8) is 0 Å². The maximum atomic E-state index is 13.2. The number of aryl methyl sites for hydroxylation is 2. The molecule has 0 spiro atoms. The first-order valence-electron chi connectivity index (χ1n) is 8.42. The smallest absolute Gasteiger partial charge is 0.246 e. The first-order valence-corrected chi connectivity index (χ1v) is 8.42. The SMILES string of the molecule is Cc1ccc(N2CCN(C(=O)CCc3cccc(F)c3)CC2=O)cc1. The number of amides is 2. The standard InChI is InChI=1S/C20H21FN2O2/c1-15-5-8-18(9-6-15)23-12-11-22(14-20(23)25)19(24)10-7-16-3-2-4-17(21)13-16/h2-6,8-9,13H,7,10-12,14H2,1H3. The maximum absolute atomic E-state index is 13.2. The molecule has 5 heteroatoms. The lowest BCUT2D eigenvalue weighted by atomic mass is 10.1. The van der Waals surface area contributed by atoms with Crippen LogP contribution in [-0.2, 0) is 16.0 Å². The Hall–Kier alpha value is -2.69. The second-order valence-corrected chi connectivity index (χ2v) is 6.33. The van der Waals surface area contributed by atoms with E-state index in [-0.39, 0.29) is 30.6 Å². The van der Waals surface area contributed by atoms with E-state index in [0.717, 1.165) is 16.8 Å². The minimum absolute atomic E-state index is 0.0684. The second-order valence-electron chi connectivity index (χ2n) is 6.33. The first-order chi connectivity index (χ1) is 12.0. The van der Waals surface area contributed by atoms with Gasteiger partial charge in [-0.25, -0.2) is 4.39 Å². The Morgan fingerprint density at radius 2 is 1.88 bits per heavy atom. The highest BCUT2D eigenvalue weighted by Crippen LogP contribution is 2.18. The number of benzene rings is 2. The highest BCUT2D eigenvalue weighted by Gasteiger charge is 2.27. The molecule has 0 aliphatic carbocycles. The monoisotopic (exact) mass is 340 g/mol. The van der Waals surface area contributed by atoms with Crippen LogP contribution in [0.3, 0.4) is 0 Å². The summed E-state index contributed by atoms with van der Waals surface area (Å²) in [6.07, 6.45) is 0.754. The lowest BCUT2D eigenvalue weighted by Crippen LogP contribution is -2.52. The third-order valence-corrected chi connectivity index (χ3v) is 4.44. The molecule has 3 rings (SSSR count). The topological polar surface area (TPSA) is 40.6 Å². The van der Waals surface area contributed by atoms with Crippen molar-refractivity contribution in [2.45, 2.75) is 19.8 Å². The van der Waals surface area contributed by atoms with Gasteiger partial charge in [-0.2, -0.15) is 0 Å². The minimum Gasteiger partial charge on any atom is -0.332 e. The quantitative estimate of drug-likeness (QED) is 0.859. The van der Waals surface area contributed by atoms with Gasteiger partial charge in [0, 0.05) is 25.2 Å². The number of hydrogen-bond acceptors (Lipinski definition) is 2. The lowest BCUT2D eigenvalue weighted by Gasteiger charge is -2.34. The fourth-order valence-electron chi connectivity index (χ4n) is 2.99. The molecule has 1 aliphatic heterocycles. The summed E-state index contributed by atoms with van der Waals surface area (Å²) in [4.78, 5) is 28.1. The van der Waals surface area contributed by atoms with E-state index >= 15 is 0 Å². The molecule has 0 bridgehead atoms. The zero-order valence-corrected chi connectivity index (χ0v) is 14.2. The van der Waals surface area contributed by atoms with Crippen molar-refractivity contribution < 1.29 is 14.0 Å². The van der Waals surface area contributed by atoms with E-state index in [1.54, 1.807) is 21.9 Å². The number of carbonyl (C=O) groups is 2.